The van der Waals surface area contributed by atoms with Gasteiger partial charge in [-0.3, -0.25) is 4.79 Å². The normalized spacial score (nSPS) is 16.8. The molecule has 1 saturated heterocycles. The second-order valence-corrected chi connectivity index (χ2v) is 3.25. The Morgan fingerprint density at radius 1 is 1.71 bits per heavy atom. The Morgan fingerprint density at radius 2 is 2.43 bits per heavy atom. The molecule has 7 nitrogen and oxygen atoms in total. The number of hydrogen-bond donors (Lipinski definition) is 2. The van der Waals surface area contributed by atoms with Gasteiger partial charge in [0, 0.05) is 13.1 Å². The third-order valence-electron chi connectivity index (χ3n) is 2.05. The monoisotopic (exact) mass is 197 g/mol. The number of aliphatic hydroxyl groups is 1. The summed E-state index contributed by atoms with van der Waals surface area (Å²) >= 11 is 0. The number of aliphatic hydroxyl groups excluding tert-OH is 1. The number of nitrogens with zero attached hydrogens (tertiary/aromatic N) is 4. The van der Waals surface area contributed by atoms with E-state index in [1.165, 1.54) is 11.0 Å². The molecule has 2 heterocycles. The number of carbonyl (C=O) groups excluding carboxylic acids is 1. The molecule has 0 atom stereocenters. The lowest BCUT2D eigenvalue weighted by Gasteiger charge is -2.35. The van der Waals surface area contributed by atoms with Crippen LogP contribution in [0.2, 0.25) is 0 Å². The van der Waals surface area contributed by atoms with E-state index in [0.29, 0.717) is 18.9 Å². The van der Waals surface area contributed by atoms with Crippen LogP contribution in [0, 0.1) is 0 Å². The minimum atomic E-state index is -0.380. The van der Waals surface area contributed by atoms with Gasteiger partial charge in [-0.1, -0.05) is 0 Å². The fraction of sp³-hybridized carbons (Fsp3) is 0.571. The van der Waals surface area contributed by atoms with Gasteiger partial charge in [0.1, 0.15) is 6.54 Å². The van der Waals surface area contributed by atoms with E-state index < -0.39 is 0 Å². The van der Waals surface area contributed by atoms with Crippen LogP contribution in [0.15, 0.2) is 6.20 Å². The van der Waals surface area contributed by atoms with Gasteiger partial charge >= 0.3 is 0 Å². The SMILES string of the molecule is Nc1cnn(CC(=O)N2CC(O)C2)n1. The lowest BCUT2D eigenvalue weighted by molar-refractivity contribution is -0.142. The molecule has 0 aromatic carbocycles. The first kappa shape index (κ1) is 8.95. The summed E-state index contributed by atoms with van der Waals surface area (Å²) in [5.74, 6) is 0.187. The van der Waals surface area contributed by atoms with Crippen LogP contribution in [0.5, 0.6) is 0 Å². The molecule has 1 aromatic heterocycles. The highest BCUT2D eigenvalue weighted by Crippen LogP contribution is 2.07. The van der Waals surface area contributed by atoms with Crippen LogP contribution in [0.4, 0.5) is 5.82 Å². The number of nitrogen functional groups attached to an aromatic ring is 1. The van der Waals surface area contributed by atoms with Crippen molar-refractivity contribution in [3.63, 3.8) is 0 Å². The van der Waals surface area contributed by atoms with Gasteiger partial charge in [0.25, 0.3) is 0 Å². The lowest BCUT2D eigenvalue weighted by atomic mass is 10.2. The Morgan fingerprint density at radius 3 is 2.93 bits per heavy atom. The van der Waals surface area contributed by atoms with Crippen molar-refractivity contribution in [2.24, 2.45) is 0 Å². The lowest BCUT2D eigenvalue weighted by Crippen LogP contribution is -2.54. The number of anilines is 1. The molecule has 7 heteroatoms. The average Bonchev–Trinajstić information content (AvgIpc) is 2.45. The van der Waals surface area contributed by atoms with E-state index in [-0.39, 0.29) is 18.6 Å². The van der Waals surface area contributed by atoms with Gasteiger partial charge in [0.05, 0.1) is 12.3 Å². The molecule has 0 radical (unpaired) electrons. The van der Waals surface area contributed by atoms with Crippen molar-refractivity contribution in [1.82, 2.24) is 19.9 Å². The maximum absolute atomic E-state index is 11.4. The molecule has 0 saturated carbocycles. The third kappa shape index (κ3) is 1.67. The van der Waals surface area contributed by atoms with Gasteiger partial charge < -0.3 is 15.7 Å². The zero-order valence-electron chi connectivity index (χ0n) is 7.50. The van der Waals surface area contributed by atoms with E-state index in [1.54, 1.807) is 4.90 Å². The second kappa shape index (κ2) is 3.26. The first-order valence-corrected chi connectivity index (χ1v) is 4.26. The Hall–Kier alpha value is -1.63. The van der Waals surface area contributed by atoms with Gasteiger partial charge in [-0.15, -0.1) is 5.10 Å². The van der Waals surface area contributed by atoms with Crippen LogP contribution in [0.25, 0.3) is 0 Å². The number of hydrogen-bond acceptors (Lipinski definition) is 5. The molecule has 3 N–H and O–H groups in total. The maximum Gasteiger partial charge on any atom is 0.246 e. The van der Waals surface area contributed by atoms with Gasteiger partial charge in [-0.05, 0) is 0 Å². The quantitative estimate of drug-likeness (QED) is 0.575. The van der Waals surface area contributed by atoms with Crippen molar-refractivity contribution in [3.8, 4) is 0 Å². The van der Waals surface area contributed by atoms with Crippen LogP contribution in [0.1, 0.15) is 0 Å². The summed E-state index contributed by atoms with van der Waals surface area (Å²) in [6.07, 6.45) is 1.01. The number of carbonyl (C=O) groups is 1. The highest BCUT2D eigenvalue weighted by Gasteiger charge is 2.28. The van der Waals surface area contributed by atoms with Gasteiger partial charge in [0.15, 0.2) is 5.82 Å². The molecule has 1 amide bonds. The molecule has 1 aromatic rings. The molecule has 0 bridgehead atoms. The number of aromatic nitrogens is 3. The third-order valence-corrected chi connectivity index (χ3v) is 2.05. The summed E-state index contributed by atoms with van der Waals surface area (Å²) < 4.78 is 0. The topological polar surface area (TPSA) is 97.3 Å². The molecule has 1 fully saturated rings. The summed E-state index contributed by atoms with van der Waals surface area (Å²) in [7, 11) is 0. The molecule has 0 unspecified atom stereocenters. The summed E-state index contributed by atoms with van der Waals surface area (Å²) in [4.78, 5) is 14.2. The van der Waals surface area contributed by atoms with Crippen molar-refractivity contribution >= 4 is 11.7 Å². The highest BCUT2D eigenvalue weighted by atomic mass is 16.3. The second-order valence-electron chi connectivity index (χ2n) is 3.25. The van der Waals surface area contributed by atoms with Crippen LogP contribution in [-0.4, -0.2) is 50.1 Å². The predicted octanol–water partition coefficient (Wildman–Crippen LogP) is -1.94. The summed E-state index contributed by atoms with van der Waals surface area (Å²) in [6.45, 7) is 0.870. The molecule has 1 aliphatic heterocycles. The molecule has 14 heavy (non-hydrogen) atoms. The molecule has 1 aliphatic rings. The zero-order valence-corrected chi connectivity index (χ0v) is 7.50. The number of likely N-dealkylation sites (tertiary alicyclic amines) is 1. The maximum atomic E-state index is 11.4. The first-order chi connectivity index (χ1) is 6.65. The number of nitrogens with two attached hydrogens (primary N) is 1. The van der Waals surface area contributed by atoms with E-state index in [4.69, 9.17) is 10.8 Å². The van der Waals surface area contributed by atoms with Gasteiger partial charge in [-0.2, -0.15) is 9.90 Å². The van der Waals surface area contributed by atoms with E-state index in [9.17, 15) is 4.79 Å². The Kier molecular flexibility index (Phi) is 2.08. The predicted molar refractivity (Wildman–Crippen MR) is 47.0 cm³/mol. The summed E-state index contributed by atoms with van der Waals surface area (Å²) in [5.41, 5.74) is 5.34. The largest absolute Gasteiger partial charge is 0.389 e. The van der Waals surface area contributed by atoms with Crippen molar-refractivity contribution in [2.45, 2.75) is 12.6 Å². The average molecular weight is 197 g/mol. The fourth-order valence-corrected chi connectivity index (χ4v) is 1.27. The van der Waals surface area contributed by atoms with Crippen LogP contribution in [0.3, 0.4) is 0 Å². The molecule has 0 spiro atoms. The molecule has 0 aliphatic carbocycles. The first-order valence-electron chi connectivity index (χ1n) is 4.26. The molecule has 2 rings (SSSR count). The van der Waals surface area contributed by atoms with Gasteiger partial charge in [0.2, 0.25) is 5.91 Å². The highest BCUT2D eigenvalue weighted by molar-refractivity contribution is 5.76. The Balaban J connectivity index is 1.89. The summed E-state index contributed by atoms with van der Waals surface area (Å²) in [5, 5.41) is 16.6. The molecular weight excluding hydrogens is 186 g/mol. The van der Waals surface area contributed by atoms with Crippen LogP contribution >= 0.6 is 0 Å². The molecular formula is C7H11N5O2. The van der Waals surface area contributed by atoms with Crippen molar-refractivity contribution in [2.75, 3.05) is 18.8 Å². The Bertz CT molecular complexity index is 344. The molecule has 76 valence electrons. The summed E-state index contributed by atoms with van der Waals surface area (Å²) in [6, 6.07) is 0. The Labute approximate surface area is 80.1 Å². The van der Waals surface area contributed by atoms with Crippen molar-refractivity contribution in [1.29, 1.82) is 0 Å². The standard InChI is InChI=1S/C7H11N5O2/c8-6-1-9-12(10-6)4-7(14)11-2-5(13)3-11/h1,5,13H,2-4H2,(H2,8,10). The van der Waals surface area contributed by atoms with Crippen molar-refractivity contribution < 1.29 is 9.90 Å². The minimum Gasteiger partial charge on any atom is -0.389 e. The minimum absolute atomic E-state index is 0.0733. The van der Waals surface area contributed by atoms with E-state index >= 15 is 0 Å². The van der Waals surface area contributed by atoms with E-state index in [2.05, 4.69) is 10.2 Å². The van der Waals surface area contributed by atoms with E-state index in [0.717, 1.165) is 0 Å². The van der Waals surface area contributed by atoms with Gasteiger partial charge in [-0.25, -0.2) is 0 Å². The zero-order chi connectivity index (χ0) is 10.1. The smallest absolute Gasteiger partial charge is 0.246 e. The van der Waals surface area contributed by atoms with Crippen LogP contribution in [-0.2, 0) is 11.3 Å². The number of rotatable bonds is 2. The van der Waals surface area contributed by atoms with Crippen LogP contribution < -0.4 is 5.73 Å². The number of β-amino-alcohol motifs (C(OH)–C–C–N with tert-alkyl or cyclic N) is 1. The van der Waals surface area contributed by atoms with E-state index in [1.807, 2.05) is 0 Å². The number of amides is 1. The van der Waals surface area contributed by atoms with Crippen molar-refractivity contribution in [3.05, 3.63) is 6.20 Å². The fourth-order valence-electron chi connectivity index (χ4n) is 1.27.